The number of anilines is 2. The quantitative estimate of drug-likeness (QED) is 0.864. The second-order valence-electron chi connectivity index (χ2n) is 4.69. The van der Waals surface area contributed by atoms with Crippen molar-refractivity contribution in [2.75, 3.05) is 10.6 Å². The van der Waals surface area contributed by atoms with Crippen molar-refractivity contribution in [3.8, 4) is 6.07 Å². The molecule has 2 N–H and O–H groups in total. The van der Waals surface area contributed by atoms with Gasteiger partial charge >= 0.3 is 0 Å². The van der Waals surface area contributed by atoms with Gasteiger partial charge in [-0.1, -0.05) is 6.07 Å². The first-order valence-electron chi connectivity index (χ1n) is 6.20. The minimum absolute atomic E-state index is 0.318. The van der Waals surface area contributed by atoms with Crippen molar-refractivity contribution in [1.29, 1.82) is 5.26 Å². The van der Waals surface area contributed by atoms with Crippen LogP contribution < -0.4 is 10.6 Å². The number of thiophene rings is 1. The molecule has 0 amide bonds. The molecule has 98 valence electrons. The van der Waals surface area contributed by atoms with Crippen LogP contribution >= 0.6 is 11.3 Å². The van der Waals surface area contributed by atoms with Crippen molar-refractivity contribution in [2.24, 2.45) is 0 Å². The largest absolute Gasteiger partial charge is 0.397 e. The Hall–Kier alpha value is -1.99. The van der Waals surface area contributed by atoms with E-state index >= 15 is 0 Å². The van der Waals surface area contributed by atoms with Gasteiger partial charge in [-0.15, -0.1) is 11.3 Å². The van der Waals surface area contributed by atoms with Gasteiger partial charge in [0.2, 0.25) is 0 Å². The molecule has 0 unspecified atom stereocenters. The van der Waals surface area contributed by atoms with E-state index in [2.05, 4.69) is 36.3 Å². The molecule has 0 fully saturated rings. The molecule has 0 aliphatic carbocycles. The molecule has 0 aliphatic rings. The van der Waals surface area contributed by atoms with E-state index in [-0.39, 0.29) is 0 Å². The highest BCUT2D eigenvalue weighted by Crippen LogP contribution is 2.28. The molecule has 0 aliphatic heterocycles. The van der Waals surface area contributed by atoms with Crippen LogP contribution in [0.2, 0.25) is 0 Å². The summed E-state index contributed by atoms with van der Waals surface area (Å²) >= 11 is 1.73. The number of nitrogens with zero attached hydrogens (tertiary/aromatic N) is 2. The monoisotopic (exact) mass is 271 g/mol. The molecule has 19 heavy (non-hydrogen) atoms. The van der Waals surface area contributed by atoms with Crippen molar-refractivity contribution < 1.29 is 0 Å². The first kappa shape index (κ1) is 13.4. The van der Waals surface area contributed by atoms with Gasteiger partial charge in [-0.05, 0) is 43.5 Å². The minimum Gasteiger partial charge on any atom is -0.397 e. The highest BCUT2D eigenvalue weighted by Gasteiger charge is 2.15. The first-order chi connectivity index (χ1) is 9.11. The Balaban J connectivity index is 2.36. The zero-order valence-electron chi connectivity index (χ0n) is 11.1. The normalized spacial score (nSPS) is 10.4. The van der Waals surface area contributed by atoms with Crippen LogP contribution in [-0.4, -0.2) is 6.04 Å². The van der Waals surface area contributed by atoms with Crippen LogP contribution in [0.3, 0.4) is 0 Å². The van der Waals surface area contributed by atoms with Crippen LogP contribution in [0.5, 0.6) is 0 Å². The third kappa shape index (κ3) is 3.07. The lowest BCUT2D eigenvalue weighted by Crippen LogP contribution is -2.30. The van der Waals surface area contributed by atoms with Crippen molar-refractivity contribution in [1.82, 2.24) is 0 Å². The Morgan fingerprint density at radius 1 is 1.37 bits per heavy atom. The van der Waals surface area contributed by atoms with Crippen LogP contribution in [0.1, 0.15) is 24.3 Å². The molecular formula is C15H17N3S. The average Bonchev–Trinajstić information content (AvgIpc) is 2.89. The van der Waals surface area contributed by atoms with Gasteiger partial charge in [0.05, 0.1) is 29.6 Å². The van der Waals surface area contributed by atoms with Gasteiger partial charge in [0.25, 0.3) is 0 Å². The Morgan fingerprint density at radius 3 is 2.74 bits per heavy atom. The maximum Gasteiger partial charge on any atom is 0.0992 e. The molecule has 0 atom stereocenters. The Kier molecular flexibility index (Phi) is 4.08. The topological polar surface area (TPSA) is 53.0 Å². The summed E-state index contributed by atoms with van der Waals surface area (Å²) in [5.74, 6) is 0. The van der Waals surface area contributed by atoms with Crippen LogP contribution in [0.4, 0.5) is 11.4 Å². The van der Waals surface area contributed by atoms with Gasteiger partial charge in [0, 0.05) is 10.9 Å². The van der Waals surface area contributed by atoms with Gasteiger partial charge in [-0.3, -0.25) is 0 Å². The summed E-state index contributed by atoms with van der Waals surface area (Å²) in [5, 5.41) is 11.1. The van der Waals surface area contributed by atoms with E-state index in [9.17, 15) is 0 Å². The van der Waals surface area contributed by atoms with E-state index < -0.39 is 0 Å². The second kappa shape index (κ2) is 5.77. The molecular weight excluding hydrogens is 254 g/mol. The number of nitrogens with two attached hydrogens (primary N) is 1. The second-order valence-corrected chi connectivity index (χ2v) is 5.72. The molecule has 0 saturated heterocycles. The third-order valence-electron chi connectivity index (χ3n) is 3.00. The number of benzene rings is 1. The summed E-state index contributed by atoms with van der Waals surface area (Å²) in [5.41, 5.74) is 8.35. The molecule has 1 heterocycles. The van der Waals surface area contributed by atoms with E-state index in [1.54, 1.807) is 23.5 Å². The number of rotatable bonds is 4. The summed E-state index contributed by atoms with van der Waals surface area (Å²) in [6.07, 6.45) is 0. The molecule has 0 spiro atoms. The van der Waals surface area contributed by atoms with Crippen molar-refractivity contribution in [3.05, 3.63) is 46.2 Å². The van der Waals surface area contributed by atoms with Gasteiger partial charge in [0.15, 0.2) is 0 Å². The molecule has 0 radical (unpaired) electrons. The SMILES string of the molecule is CC(C)N(Cc1cccs1)c1cc(C#N)ccc1N. The fraction of sp³-hybridized carbons (Fsp3) is 0.267. The molecule has 2 rings (SSSR count). The fourth-order valence-corrected chi connectivity index (χ4v) is 2.68. The predicted molar refractivity (Wildman–Crippen MR) is 81.2 cm³/mol. The Labute approximate surface area is 117 Å². The van der Waals surface area contributed by atoms with Crippen LogP contribution in [0, 0.1) is 11.3 Å². The zero-order valence-corrected chi connectivity index (χ0v) is 11.9. The minimum atomic E-state index is 0.318. The molecule has 2 aromatic rings. The third-order valence-corrected chi connectivity index (χ3v) is 3.86. The van der Waals surface area contributed by atoms with Crippen molar-refractivity contribution in [3.63, 3.8) is 0 Å². The molecule has 3 nitrogen and oxygen atoms in total. The van der Waals surface area contributed by atoms with Gasteiger partial charge in [0.1, 0.15) is 0 Å². The number of hydrogen-bond acceptors (Lipinski definition) is 4. The first-order valence-corrected chi connectivity index (χ1v) is 7.08. The van der Waals surface area contributed by atoms with Crippen molar-refractivity contribution >= 4 is 22.7 Å². The van der Waals surface area contributed by atoms with Gasteiger partial charge in [-0.2, -0.15) is 5.26 Å². The number of nitrogen functional groups attached to an aromatic ring is 1. The maximum atomic E-state index is 9.02. The molecule has 0 bridgehead atoms. The number of nitriles is 1. The molecule has 4 heteroatoms. The fourth-order valence-electron chi connectivity index (χ4n) is 1.98. The Bertz CT molecular complexity index is 582. The summed E-state index contributed by atoms with van der Waals surface area (Å²) < 4.78 is 0. The average molecular weight is 271 g/mol. The van der Waals surface area contributed by atoms with Gasteiger partial charge in [-0.25, -0.2) is 0 Å². The summed E-state index contributed by atoms with van der Waals surface area (Å²) in [4.78, 5) is 3.51. The van der Waals surface area contributed by atoms with Crippen LogP contribution in [0.25, 0.3) is 0 Å². The lowest BCUT2D eigenvalue weighted by molar-refractivity contribution is 0.688. The molecule has 1 aromatic carbocycles. The van der Waals surface area contributed by atoms with Crippen LogP contribution in [-0.2, 0) is 6.54 Å². The highest BCUT2D eigenvalue weighted by molar-refractivity contribution is 7.09. The van der Waals surface area contributed by atoms with E-state index in [0.717, 1.165) is 12.2 Å². The van der Waals surface area contributed by atoms with E-state index in [4.69, 9.17) is 11.0 Å². The summed E-state index contributed by atoms with van der Waals surface area (Å²) in [6, 6.07) is 12.1. The lowest BCUT2D eigenvalue weighted by Gasteiger charge is -2.29. The summed E-state index contributed by atoms with van der Waals surface area (Å²) in [6.45, 7) is 5.08. The predicted octanol–water partition coefficient (Wildman–Crippen LogP) is 3.62. The van der Waals surface area contributed by atoms with E-state index in [0.29, 0.717) is 17.3 Å². The number of hydrogen-bond donors (Lipinski definition) is 1. The highest BCUT2D eigenvalue weighted by atomic mass is 32.1. The smallest absolute Gasteiger partial charge is 0.0992 e. The molecule has 1 aromatic heterocycles. The van der Waals surface area contributed by atoms with E-state index in [1.807, 2.05) is 12.1 Å². The Morgan fingerprint density at radius 2 is 2.16 bits per heavy atom. The van der Waals surface area contributed by atoms with E-state index in [1.165, 1.54) is 4.88 Å². The van der Waals surface area contributed by atoms with Crippen molar-refractivity contribution in [2.45, 2.75) is 26.4 Å². The summed E-state index contributed by atoms with van der Waals surface area (Å²) in [7, 11) is 0. The molecule has 0 saturated carbocycles. The standard InChI is InChI=1S/C15H17N3S/c1-11(2)18(10-13-4-3-7-19-13)15-8-12(9-16)5-6-14(15)17/h3-8,11H,10,17H2,1-2H3. The lowest BCUT2D eigenvalue weighted by atomic mass is 10.1. The van der Waals surface area contributed by atoms with Gasteiger partial charge < -0.3 is 10.6 Å². The zero-order chi connectivity index (χ0) is 13.8. The maximum absolute atomic E-state index is 9.02. The van der Waals surface area contributed by atoms with Crippen LogP contribution in [0.15, 0.2) is 35.7 Å².